The Hall–Kier alpha value is -3.59. The lowest BCUT2D eigenvalue weighted by Crippen LogP contribution is -2.33. The second-order valence-electron chi connectivity index (χ2n) is 9.72. The molecule has 3 atom stereocenters. The van der Waals surface area contributed by atoms with Crippen LogP contribution in [-0.2, 0) is 6.42 Å². The number of aliphatic hydroxyl groups excluding tert-OH is 1. The Morgan fingerprint density at radius 3 is 2.75 bits per heavy atom. The van der Waals surface area contributed by atoms with E-state index in [-0.39, 0.29) is 35.1 Å². The first kappa shape index (κ1) is 22.8. The number of pyridine rings is 1. The van der Waals surface area contributed by atoms with Gasteiger partial charge in [0.05, 0.1) is 18.6 Å². The van der Waals surface area contributed by atoms with Crippen LogP contribution in [0.3, 0.4) is 0 Å². The SMILES string of the molecule is CCc1c(F)ccc2cc(O)cc(-c3ncc4c(N5CC6CC(O)CC5C6)nc(OC)nc4c3F)c12. The molecule has 0 radical (unpaired) electrons. The van der Waals surface area contributed by atoms with E-state index in [0.717, 1.165) is 12.8 Å². The third-order valence-corrected chi connectivity index (χ3v) is 7.51. The molecule has 2 N–H and O–H groups in total. The van der Waals surface area contributed by atoms with E-state index in [2.05, 4.69) is 19.9 Å². The fourth-order valence-electron chi connectivity index (χ4n) is 6.01. The van der Waals surface area contributed by atoms with Gasteiger partial charge < -0.3 is 19.8 Å². The number of halogens is 2. The van der Waals surface area contributed by atoms with Crippen molar-refractivity contribution in [2.75, 3.05) is 18.6 Å². The molecule has 2 bridgehead atoms. The number of benzene rings is 2. The number of nitrogens with zero attached hydrogens (tertiary/aromatic N) is 4. The van der Waals surface area contributed by atoms with Crippen molar-refractivity contribution in [3.05, 3.63) is 47.7 Å². The number of aliphatic hydroxyl groups is 1. The highest BCUT2D eigenvalue weighted by atomic mass is 19.1. The average Bonchev–Trinajstić information content (AvgIpc) is 3.17. The molecule has 2 aromatic heterocycles. The summed E-state index contributed by atoms with van der Waals surface area (Å²) in [4.78, 5) is 15.4. The molecule has 1 saturated carbocycles. The van der Waals surface area contributed by atoms with Gasteiger partial charge in [-0.05, 0) is 66.1 Å². The predicted molar refractivity (Wildman–Crippen MR) is 132 cm³/mol. The maximum Gasteiger partial charge on any atom is 0.318 e. The molecule has 0 spiro atoms. The van der Waals surface area contributed by atoms with Crippen LogP contribution in [0.1, 0.15) is 31.7 Å². The van der Waals surface area contributed by atoms with E-state index in [1.807, 2.05) is 6.92 Å². The van der Waals surface area contributed by atoms with E-state index in [1.54, 1.807) is 6.07 Å². The first-order valence-corrected chi connectivity index (χ1v) is 12.2. The summed E-state index contributed by atoms with van der Waals surface area (Å²) < 4.78 is 36.2. The highest BCUT2D eigenvalue weighted by molar-refractivity contribution is 6.01. The van der Waals surface area contributed by atoms with Gasteiger partial charge in [-0.3, -0.25) is 4.98 Å². The lowest BCUT2D eigenvalue weighted by molar-refractivity contribution is 0.112. The van der Waals surface area contributed by atoms with Gasteiger partial charge in [-0.1, -0.05) is 13.0 Å². The van der Waals surface area contributed by atoms with Gasteiger partial charge in [-0.15, -0.1) is 0 Å². The summed E-state index contributed by atoms with van der Waals surface area (Å²) >= 11 is 0. The van der Waals surface area contributed by atoms with E-state index in [4.69, 9.17) is 4.74 Å². The molecule has 3 heterocycles. The largest absolute Gasteiger partial charge is 0.508 e. The number of phenols is 1. The molecule has 3 unspecified atom stereocenters. The highest BCUT2D eigenvalue weighted by Crippen LogP contribution is 2.42. The van der Waals surface area contributed by atoms with E-state index < -0.39 is 11.6 Å². The maximum absolute atomic E-state index is 16.2. The van der Waals surface area contributed by atoms with Gasteiger partial charge >= 0.3 is 6.01 Å². The first-order valence-electron chi connectivity index (χ1n) is 12.2. The average molecular weight is 493 g/mol. The van der Waals surface area contributed by atoms with Crippen molar-refractivity contribution < 1.29 is 23.7 Å². The van der Waals surface area contributed by atoms with Crippen molar-refractivity contribution in [2.45, 2.75) is 44.8 Å². The normalized spacial score (nSPS) is 21.5. The number of aromatic nitrogens is 3. The summed E-state index contributed by atoms with van der Waals surface area (Å²) in [6.07, 6.45) is 3.87. The van der Waals surface area contributed by atoms with Crippen molar-refractivity contribution in [2.24, 2.45) is 5.92 Å². The molecular weight excluding hydrogens is 466 g/mol. The summed E-state index contributed by atoms with van der Waals surface area (Å²) in [6.45, 7) is 2.53. The van der Waals surface area contributed by atoms with Crippen LogP contribution in [-0.4, -0.2) is 51.0 Å². The van der Waals surface area contributed by atoms with Crippen molar-refractivity contribution in [1.82, 2.24) is 15.0 Å². The summed E-state index contributed by atoms with van der Waals surface area (Å²) in [5, 5.41) is 22.1. The second-order valence-corrected chi connectivity index (χ2v) is 9.72. The van der Waals surface area contributed by atoms with E-state index in [1.165, 1.54) is 31.5 Å². The molecule has 7 nitrogen and oxygen atoms in total. The van der Waals surface area contributed by atoms with Crippen molar-refractivity contribution in [1.29, 1.82) is 0 Å². The van der Waals surface area contributed by atoms with Crippen molar-refractivity contribution in [3.8, 4) is 23.0 Å². The molecule has 9 heteroatoms. The zero-order chi connectivity index (χ0) is 25.1. The lowest BCUT2D eigenvalue weighted by Gasteiger charge is -2.28. The highest BCUT2D eigenvalue weighted by Gasteiger charge is 2.40. The fourth-order valence-corrected chi connectivity index (χ4v) is 6.01. The van der Waals surface area contributed by atoms with E-state index in [9.17, 15) is 14.6 Å². The van der Waals surface area contributed by atoms with Gasteiger partial charge in [0.25, 0.3) is 0 Å². The Bertz CT molecular complexity index is 1510. The van der Waals surface area contributed by atoms with Crippen LogP contribution in [0.15, 0.2) is 30.5 Å². The number of methoxy groups -OCH3 is 1. The molecule has 36 heavy (non-hydrogen) atoms. The third-order valence-electron chi connectivity index (χ3n) is 7.51. The summed E-state index contributed by atoms with van der Waals surface area (Å²) in [5.74, 6) is -0.303. The minimum absolute atomic E-state index is 0.0246. The Balaban J connectivity index is 1.58. The fraction of sp³-hybridized carbons (Fsp3) is 0.370. The van der Waals surface area contributed by atoms with Gasteiger partial charge in [0.15, 0.2) is 5.82 Å². The molecular formula is C27H26F2N4O3. The lowest BCUT2D eigenvalue weighted by atomic mass is 9.88. The van der Waals surface area contributed by atoms with Crippen LogP contribution >= 0.6 is 0 Å². The standard InChI is InChI=1S/C27H26F2N4O3/c1-3-18-21(28)5-4-14-8-17(35)10-19(22(14)18)24-23(29)25-20(11-30-24)26(32-27(31-25)36-2)33-12-13-6-15(33)9-16(34)7-13/h4-5,8,10-11,13,15-16,34-35H,3,6-7,9,12H2,1-2H3. The predicted octanol–water partition coefficient (Wildman–Crippen LogP) is 4.75. The van der Waals surface area contributed by atoms with E-state index >= 15 is 4.39 Å². The molecule has 4 aromatic rings. The number of fused-ring (bicyclic) bond motifs is 4. The molecule has 1 aliphatic carbocycles. The van der Waals surface area contributed by atoms with Crippen LogP contribution in [0.25, 0.3) is 32.9 Å². The number of aryl methyl sites for hydroxylation is 1. The molecule has 1 aliphatic heterocycles. The maximum atomic E-state index is 16.2. The zero-order valence-corrected chi connectivity index (χ0v) is 20.0. The molecule has 2 aromatic carbocycles. The van der Waals surface area contributed by atoms with Gasteiger partial charge in [-0.2, -0.15) is 9.97 Å². The van der Waals surface area contributed by atoms with Gasteiger partial charge in [0.2, 0.25) is 0 Å². The van der Waals surface area contributed by atoms with Gasteiger partial charge in [0.1, 0.15) is 28.6 Å². The Morgan fingerprint density at radius 2 is 1.97 bits per heavy atom. The monoisotopic (exact) mass is 492 g/mol. The number of ether oxygens (including phenoxy) is 1. The number of hydrogen-bond donors (Lipinski definition) is 2. The topological polar surface area (TPSA) is 91.6 Å². The molecule has 1 saturated heterocycles. The first-order chi connectivity index (χ1) is 17.4. The van der Waals surface area contributed by atoms with Crippen molar-refractivity contribution >= 4 is 27.5 Å². The van der Waals surface area contributed by atoms with Crippen LogP contribution in [0.2, 0.25) is 0 Å². The summed E-state index contributed by atoms with van der Waals surface area (Å²) in [5.41, 5.74) is 0.716. The smallest absolute Gasteiger partial charge is 0.318 e. The minimum Gasteiger partial charge on any atom is -0.508 e. The molecule has 186 valence electrons. The van der Waals surface area contributed by atoms with Crippen LogP contribution in [0, 0.1) is 17.6 Å². The number of phenolic OH excluding ortho intramolecular Hbond substituents is 1. The number of aromatic hydroxyl groups is 1. The van der Waals surface area contributed by atoms with Gasteiger partial charge in [0, 0.05) is 24.3 Å². The summed E-state index contributed by atoms with van der Waals surface area (Å²) in [7, 11) is 1.43. The third kappa shape index (κ3) is 3.52. The second kappa shape index (κ2) is 8.51. The van der Waals surface area contributed by atoms with Crippen molar-refractivity contribution in [3.63, 3.8) is 0 Å². The Labute approximate surface area is 206 Å². The molecule has 2 fully saturated rings. The number of rotatable bonds is 4. The Kier molecular flexibility index (Phi) is 5.40. The summed E-state index contributed by atoms with van der Waals surface area (Å²) in [6, 6.07) is 5.96. The number of anilines is 1. The van der Waals surface area contributed by atoms with Crippen LogP contribution in [0.4, 0.5) is 14.6 Å². The quantitative estimate of drug-likeness (QED) is 0.425. The Morgan fingerprint density at radius 1 is 1.14 bits per heavy atom. The van der Waals surface area contributed by atoms with E-state index in [0.29, 0.717) is 58.4 Å². The van der Waals surface area contributed by atoms with Crippen LogP contribution < -0.4 is 9.64 Å². The molecule has 2 aliphatic rings. The zero-order valence-electron chi connectivity index (χ0n) is 20.0. The number of hydrogen-bond acceptors (Lipinski definition) is 7. The van der Waals surface area contributed by atoms with Crippen LogP contribution in [0.5, 0.6) is 11.8 Å². The molecule has 0 amide bonds. The minimum atomic E-state index is -0.699. The van der Waals surface area contributed by atoms with Gasteiger partial charge in [-0.25, -0.2) is 8.78 Å². The molecule has 6 rings (SSSR count).